The Morgan fingerprint density at radius 2 is 2.19 bits per heavy atom. The number of ether oxygens (including phenoxy) is 3. The minimum Gasteiger partial charge on any atom is -0.489 e. The summed E-state index contributed by atoms with van der Waals surface area (Å²) in [5, 5.41) is 0. The predicted molar refractivity (Wildman–Crippen MR) is 82.2 cm³/mol. The van der Waals surface area contributed by atoms with Gasteiger partial charge < -0.3 is 14.2 Å². The highest BCUT2D eigenvalue weighted by Gasteiger charge is 2.21. The zero-order valence-electron chi connectivity index (χ0n) is 11.2. The second-order valence-corrected chi connectivity index (χ2v) is 6.07. The number of carbonyl (C=O) groups excluding carboxylic acids is 1. The van der Waals surface area contributed by atoms with E-state index in [1.54, 1.807) is 5.51 Å². The van der Waals surface area contributed by atoms with Crippen LogP contribution in [0.25, 0.3) is 10.4 Å². The number of thiazole rings is 1. The molecule has 3 rings (SSSR count). The lowest BCUT2D eigenvalue weighted by atomic mass is 10.1. The van der Waals surface area contributed by atoms with E-state index >= 15 is 0 Å². The van der Waals surface area contributed by atoms with Crippen molar-refractivity contribution in [2.75, 3.05) is 20.3 Å². The summed E-state index contributed by atoms with van der Waals surface area (Å²) in [5.41, 5.74) is 2.77. The molecule has 7 heteroatoms. The molecule has 1 aromatic carbocycles. The fourth-order valence-corrected chi connectivity index (χ4v) is 3.38. The molecule has 0 amide bonds. The molecule has 5 nitrogen and oxygen atoms in total. The quantitative estimate of drug-likeness (QED) is 0.758. The highest BCUT2D eigenvalue weighted by molar-refractivity contribution is 9.10. The number of nitrogens with zero attached hydrogens (tertiary/aromatic N) is 1. The highest BCUT2D eigenvalue weighted by atomic mass is 79.9. The number of aromatic nitrogens is 1. The van der Waals surface area contributed by atoms with Gasteiger partial charge >= 0.3 is 5.97 Å². The minimum absolute atomic E-state index is 0.309. The lowest BCUT2D eigenvalue weighted by Gasteiger charge is -2.11. The van der Waals surface area contributed by atoms with E-state index in [-0.39, 0.29) is 0 Å². The summed E-state index contributed by atoms with van der Waals surface area (Å²) in [5.74, 6) is 0.913. The van der Waals surface area contributed by atoms with Gasteiger partial charge in [0.1, 0.15) is 0 Å². The number of carbonyl (C=O) groups is 1. The van der Waals surface area contributed by atoms with Gasteiger partial charge in [-0.15, -0.1) is 11.3 Å². The topological polar surface area (TPSA) is 57.7 Å². The monoisotopic (exact) mass is 369 g/mol. The molecule has 0 saturated heterocycles. The Balaban J connectivity index is 2.08. The first-order valence-corrected chi connectivity index (χ1v) is 7.99. The van der Waals surface area contributed by atoms with Gasteiger partial charge in [0.2, 0.25) is 0 Å². The number of methoxy groups -OCH3 is 1. The van der Waals surface area contributed by atoms with Crippen LogP contribution in [0.5, 0.6) is 11.5 Å². The first-order valence-electron chi connectivity index (χ1n) is 6.32. The van der Waals surface area contributed by atoms with Crippen LogP contribution in [0.15, 0.2) is 22.1 Å². The van der Waals surface area contributed by atoms with E-state index in [0.29, 0.717) is 30.4 Å². The van der Waals surface area contributed by atoms with Crippen LogP contribution in [0.4, 0.5) is 0 Å². The first kappa shape index (κ1) is 14.3. The van der Waals surface area contributed by atoms with Crippen LogP contribution in [-0.2, 0) is 4.74 Å². The molecule has 0 bridgehead atoms. The molecule has 0 spiro atoms. The van der Waals surface area contributed by atoms with E-state index in [1.807, 2.05) is 12.1 Å². The maximum absolute atomic E-state index is 11.8. The number of hydrogen-bond acceptors (Lipinski definition) is 6. The number of rotatable bonds is 2. The van der Waals surface area contributed by atoms with Crippen molar-refractivity contribution < 1.29 is 19.0 Å². The van der Waals surface area contributed by atoms with E-state index < -0.39 is 5.97 Å². The summed E-state index contributed by atoms with van der Waals surface area (Å²) in [7, 11) is 1.34. The Hall–Kier alpha value is -1.60. The van der Waals surface area contributed by atoms with Crippen LogP contribution in [0.2, 0.25) is 0 Å². The fourth-order valence-electron chi connectivity index (χ4n) is 2.05. The highest BCUT2D eigenvalue weighted by Crippen LogP contribution is 2.42. The number of hydrogen-bond donors (Lipinski definition) is 0. The van der Waals surface area contributed by atoms with Gasteiger partial charge in [-0.2, -0.15) is 0 Å². The van der Waals surface area contributed by atoms with E-state index in [9.17, 15) is 4.79 Å². The van der Waals surface area contributed by atoms with Crippen molar-refractivity contribution in [3.8, 4) is 21.9 Å². The summed E-state index contributed by atoms with van der Waals surface area (Å²) in [6, 6.07) is 3.76. The molecule has 0 aliphatic carbocycles. The summed E-state index contributed by atoms with van der Waals surface area (Å²) in [4.78, 5) is 16.6. The molecule has 1 aromatic heterocycles. The second kappa shape index (κ2) is 6.03. The second-order valence-electron chi connectivity index (χ2n) is 4.36. The van der Waals surface area contributed by atoms with E-state index in [0.717, 1.165) is 21.3 Å². The van der Waals surface area contributed by atoms with Gasteiger partial charge in [-0.05, 0) is 33.6 Å². The molecule has 0 radical (unpaired) electrons. The third-order valence-electron chi connectivity index (χ3n) is 3.01. The van der Waals surface area contributed by atoms with Crippen molar-refractivity contribution in [3.05, 3.63) is 27.8 Å². The van der Waals surface area contributed by atoms with Crippen molar-refractivity contribution in [1.82, 2.24) is 4.98 Å². The van der Waals surface area contributed by atoms with Crippen LogP contribution in [-0.4, -0.2) is 31.3 Å². The lowest BCUT2D eigenvalue weighted by molar-refractivity contribution is 0.0596. The first-order chi connectivity index (χ1) is 10.2. The third-order valence-corrected chi connectivity index (χ3v) is 4.48. The van der Waals surface area contributed by atoms with Crippen molar-refractivity contribution in [2.24, 2.45) is 0 Å². The molecule has 1 aliphatic heterocycles. The van der Waals surface area contributed by atoms with Gasteiger partial charge in [0.05, 0.1) is 35.2 Å². The summed E-state index contributed by atoms with van der Waals surface area (Å²) >= 11 is 4.88. The molecular formula is C14H12BrNO4S. The number of benzene rings is 1. The molecule has 0 fully saturated rings. The Morgan fingerprint density at radius 1 is 1.38 bits per heavy atom. The molecule has 1 aliphatic rings. The Labute approximate surface area is 134 Å². The average Bonchev–Trinajstić information content (AvgIpc) is 2.85. The lowest BCUT2D eigenvalue weighted by Crippen LogP contribution is -2.03. The molecule has 110 valence electrons. The van der Waals surface area contributed by atoms with Crippen molar-refractivity contribution in [3.63, 3.8) is 0 Å². The zero-order chi connectivity index (χ0) is 14.8. The normalized spacial score (nSPS) is 13.6. The van der Waals surface area contributed by atoms with Crippen molar-refractivity contribution in [2.45, 2.75) is 6.42 Å². The van der Waals surface area contributed by atoms with Gasteiger partial charge in [-0.3, -0.25) is 0 Å². The summed E-state index contributed by atoms with van der Waals surface area (Å²) < 4.78 is 16.9. The smallest absolute Gasteiger partial charge is 0.358 e. The van der Waals surface area contributed by atoms with E-state index in [4.69, 9.17) is 14.2 Å². The summed E-state index contributed by atoms with van der Waals surface area (Å²) in [6.07, 6.45) is 0.838. The molecule has 2 heterocycles. The summed E-state index contributed by atoms with van der Waals surface area (Å²) in [6.45, 7) is 1.23. The van der Waals surface area contributed by atoms with E-state index in [2.05, 4.69) is 20.9 Å². The van der Waals surface area contributed by atoms with Crippen LogP contribution >= 0.6 is 27.3 Å². The largest absolute Gasteiger partial charge is 0.489 e. The van der Waals surface area contributed by atoms with Gasteiger partial charge in [0, 0.05) is 6.42 Å². The Kier molecular flexibility index (Phi) is 4.12. The van der Waals surface area contributed by atoms with Gasteiger partial charge in [-0.25, -0.2) is 9.78 Å². The van der Waals surface area contributed by atoms with Crippen molar-refractivity contribution in [1.29, 1.82) is 0 Å². The molecule has 0 atom stereocenters. The molecular weight excluding hydrogens is 358 g/mol. The van der Waals surface area contributed by atoms with Crippen LogP contribution in [0.3, 0.4) is 0 Å². The van der Waals surface area contributed by atoms with Crippen LogP contribution < -0.4 is 9.47 Å². The fraction of sp³-hybridized carbons (Fsp3) is 0.286. The number of fused-ring (bicyclic) bond motifs is 1. The Morgan fingerprint density at radius 3 is 3.00 bits per heavy atom. The minimum atomic E-state index is -0.450. The predicted octanol–water partition coefficient (Wildman–Crippen LogP) is 3.52. The van der Waals surface area contributed by atoms with Gasteiger partial charge in [-0.1, -0.05) is 0 Å². The number of halogens is 1. The molecule has 21 heavy (non-hydrogen) atoms. The maximum atomic E-state index is 11.8. The van der Waals surface area contributed by atoms with Crippen LogP contribution in [0.1, 0.15) is 16.9 Å². The van der Waals surface area contributed by atoms with Crippen molar-refractivity contribution >= 4 is 33.2 Å². The molecule has 0 unspecified atom stereocenters. The third kappa shape index (κ3) is 2.75. The maximum Gasteiger partial charge on any atom is 0.358 e. The molecule has 0 N–H and O–H groups in total. The van der Waals surface area contributed by atoms with E-state index in [1.165, 1.54) is 18.4 Å². The van der Waals surface area contributed by atoms with Crippen LogP contribution in [0, 0.1) is 0 Å². The Bertz CT molecular complexity index is 686. The molecule has 0 saturated carbocycles. The average molecular weight is 370 g/mol. The van der Waals surface area contributed by atoms with Gasteiger partial charge in [0.15, 0.2) is 17.2 Å². The number of esters is 1. The SMILES string of the molecule is COC(=O)c1ncsc1-c1cc(Br)c2c(c1)OCCCO2. The zero-order valence-corrected chi connectivity index (χ0v) is 13.6. The molecule has 2 aromatic rings. The standard InChI is InChI=1S/C14H12BrNO4S/c1-18-14(17)11-13(21-7-16-11)8-5-9(15)12-10(6-8)19-3-2-4-20-12/h5-7H,2-4H2,1H3. The van der Waals surface area contributed by atoms with Gasteiger partial charge in [0.25, 0.3) is 0 Å².